The van der Waals surface area contributed by atoms with Gasteiger partial charge in [0.15, 0.2) is 0 Å². The third-order valence-electron chi connectivity index (χ3n) is 5.91. The van der Waals surface area contributed by atoms with Crippen molar-refractivity contribution in [1.82, 2.24) is 5.32 Å². The van der Waals surface area contributed by atoms with E-state index in [1.54, 1.807) is 31.2 Å². The molecule has 1 atom stereocenters. The number of esters is 1. The van der Waals surface area contributed by atoms with Gasteiger partial charge in [-0.05, 0) is 60.0 Å². The highest BCUT2D eigenvalue weighted by Crippen LogP contribution is 2.36. The maximum Gasteiger partial charge on any atom is 0.338 e. The van der Waals surface area contributed by atoms with Crippen LogP contribution < -0.4 is 10.2 Å². The molecule has 4 rings (SSSR count). The van der Waals surface area contributed by atoms with Gasteiger partial charge in [0.1, 0.15) is 11.9 Å². The van der Waals surface area contributed by atoms with Crippen LogP contribution in [0, 0.1) is 0 Å². The number of anilines is 1. The number of rotatable bonds is 10. The molecule has 0 aliphatic carbocycles. The third-order valence-corrected chi connectivity index (χ3v) is 7.12. The summed E-state index contributed by atoms with van der Waals surface area (Å²) in [5.41, 5.74) is 2.63. The normalized spacial score (nSPS) is 11.6. The summed E-state index contributed by atoms with van der Waals surface area (Å²) in [5, 5.41) is 5.82. The quantitative estimate of drug-likeness (QED) is 0.208. The van der Waals surface area contributed by atoms with Crippen LogP contribution in [0.2, 0.25) is 0 Å². The van der Waals surface area contributed by atoms with Crippen molar-refractivity contribution >= 4 is 56.5 Å². The minimum absolute atomic E-state index is 0.258. The molecule has 1 aromatic heterocycles. The molecule has 0 saturated heterocycles. The summed E-state index contributed by atoms with van der Waals surface area (Å²) in [5.74, 6) is -1.50. The fourth-order valence-corrected chi connectivity index (χ4v) is 5.26. The largest absolute Gasteiger partial charge is 0.462 e. The Balaban J connectivity index is 1.70. The lowest BCUT2D eigenvalue weighted by Gasteiger charge is -2.31. The van der Waals surface area contributed by atoms with Gasteiger partial charge < -0.3 is 10.1 Å². The number of benzene rings is 3. The zero-order valence-corrected chi connectivity index (χ0v) is 21.9. The molecule has 2 amide bonds. The first-order valence-electron chi connectivity index (χ1n) is 12.0. The first-order chi connectivity index (χ1) is 18.0. The highest BCUT2D eigenvalue weighted by Gasteiger charge is 2.34. The molecule has 0 aliphatic heterocycles. The molecule has 8 heteroatoms. The summed E-state index contributed by atoms with van der Waals surface area (Å²) in [6.45, 7) is 2.40. The first-order valence-corrected chi connectivity index (χ1v) is 13.4. The van der Waals surface area contributed by atoms with Crippen LogP contribution in [-0.2, 0) is 20.7 Å². The molecule has 0 saturated carbocycles. The molecule has 0 aliphatic rings. The van der Waals surface area contributed by atoms with Crippen molar-refractivity contribution in [2.24, 2.45) is 0 Å². The van der Waals surface area contributed by atoms with Gasteiger partial charge >= 0.3 is 5.97 Å². The summed E-state index contributed by atoms with van der Waals surface area (Å²) in [4.78, 5) is 40.5. The molecule has 0 spiro atoms. The van der Waals surface area contributed by atoms with E-state index in [0.29, 0.717) is 29.8 Å². The maximum atomic E-state index is 13.8. The van der Waals surface area contributed by atoms with Gasteiger partial charge in [-0.15, -0.1) is 22.9 Å². The number of carbonyl (C=O) groups is 3. The Morgan fingerprint density at radius 3 is 2.38 bits per heavy atom. The van der Waals surface area contributed by atoms with Crippen molar-refractivity contribution in [3.05, 3.63) is 101 Å². The minimum atomic E-state index is -0.952. The van der Waals surface area contributed by atoms with Crippen molar-refractivity contribution in [2.45, 2.75) is 19.4 Å². The number of amides is 2. The summed E-state index contributed by atoms with van der Waals surface area (Å²) in [6.07, 6.45) is 0.654. The van der Waals surface area contributed by atoms with Gasteiger partial charge in [0, 0.05) is 22.5 Å². The van der Waals surface area contributed by atoms with Gasteiger partial charge in [0.2, 0.25) is 11.8 Å². The number of fused-ring (bicyclic) bond motifs is 1. The van der Waals surface area contributed by atoms with Crippen LogP contribution in [0.3, 0.4) is 0 Å². The number of thiophene rings is 1. The fraction of sp³-hybridized carbons (Fsp3) is 0.207. The predicted octanol–water partition coefficient (Wildman–Crippen LogP) is 5.75. The molecule has 6 nitrogen and oxygen atoms in total. The van der Waals surface area contributed by atoms with Crippen LogP contribution in [-0.4, -0.2) is 36.8 Å². The Morgan fingerprint density at radius 1 is 0.973 bits per heavy atom. The summed E-state index contributed by atoms with van der Waals surface area (Å²) < 4.78 is 6.08. The molecular weight excluding hydrogens is 508 g/mol. The third kappa shape index (κ3) is 6.18. The van der Waals surface area contributed by atoms with Crippen LogP contribution >= 0.6 is 22.9 Å². The zero-order valence-electron chi connectivity index (χ0n) is 20.4. The molecular formula is C29H27ClN2O4S. The van der Waals surface area contributed by atoms with Crippen molar-refractivity contribution in [1.29, 1.82) is 0 Å². The Hall–Kier alpha value is -3.68. The standard InChI is InChI=1S/C29H27ClN2O4S/c1-2-36-29(35)21-12-14-22(15-13-21)32(26(33)18-30)27(24-19-37-25-11-7-6-10-23(24)25)28(34)31-17-16-20-8-4-3-5-9-20/h3-15,19,27H,2,16-18H2,1H3,(H,31,34). The molecule has 3 aromatic carbocycles. The number of halogens is 1. The molecule has 0 radical (unpaired) electrons. The number of ether oxygens (including phenoxy) is 1. The van der Waals surface area contributed by atoms with E-state index < -0.39 is 17.9 Å². The van der Waals surface area contributed by atoms with Crippen molar-refractivity contribution in [3.63, 3.8) is 0 Å². The van der Waals surface area contributed by atoms with E-state index in [1.165, 1.54) is 16.2 Å². The molecule has 190 valence electrons. The molecule has 1 unspecified atom stereocenters. The Kier molecular flexibility index (Phi) is 8.93. The molecule has 0 fully saturated rings. The molecule has 4 aromatic rings. The minimum Gasteiger partial charge on any atom is -0.462 e. The Morgan fingerprint density at radius 2 is 1.68 bits per heavy atom. The summed E-state index contributed by atoms with van der Waals surface area (Å²) >= 11 is 7.55. The van der Waals surface area contributed by atoms with Crippen LogP contribution in [0.25, 0.3) is 10.1 Å². The average molecular weight is 535 g/mol. The van der Waals surface area contributed by atoms with Gasteiger partial charge in [0.05, 0.1) is 12.2 Å². The Bertz CT molecular complexity index is 1370. The van der Waals surface area contributed by atoms with Crippen molar-refractivity contribution in [3.8, 4) is 0 Å². The number of nitrogens with one attached hydrogen (secondary N) is 1. The van der Waals surface area contributed by atoms with Crippen molar-refractivity contribution < 1.29 is 19.1 Å². The molecule has 1 N–H and O–H groups in total. The number of alkyl halides is 1. The van der Waals surface area contributed by atoms with Gasteiger partial charge in [0.25, 0.3) is 0 Å². The maximum absolute atomic E-state index is 13.8. The molecule has 0 bridgehead atoms. The molecule has 37 heavy (non-hydrogen) atoms. The highest BCUT2D eigenvalue weighted by atomic mass is 35.5. The second-order valence-electron chi connectivity index (χ2n) is 8.28. The van der Waals surface area contributed by atoms with Crippen LogP contribution in [0.1, 0.15) is 34.5 Å². The number of hydrogen-bond acceptors (Lipinski definition) is 5. The SMILES string of the molecule is CCOC(=O)c1ccc(N(C(=O)CCl)C(C(=O)NCCc2ccccc2)c2csc3ccccc23)cc1. The van der Waals surface area contributed by atoms with Crippen LogP contribution in [0.4, 0.5) is 5.69 Å². The van der Waals surface area contributed by atoms with Crippen LogP contribution in [0.15, 0.2) is 84.2 Å². The smallest absolute Gasteiger partial charge is 0.338 e. The van der Waals surface area contributed by atoms with E-state index in [-0.39, 0.29) is 18.4 Å². The lowest BCUT2D eigenvalue weighted by molar-refractivity contribution is -0.125. The van der Waals surface area contributed by atoms with E-state index in [9.17, 15) is 14.4 Å². The topological polar surface area (TPSA) is 75.7 Å². The van der Waals surface area contributed by atoms with Crippen molar-refractivity contribution in [2.75, 3.05) is 23.9 Å². The van der Waals surface area contributed by atoms with Gasteiger partial charge in [-0.2, -0.15) is 0 Å². The van der Waals surface area contributed by atoms with E-state index in [2.05, 4.69) is 5.32 Å². The average Bonchev–Trinajstić information content (AvgIpc) is 3.35. The van der Waals surface area contributed by atoms with E-state index in [4.69, 9.17) is 16.3 Å². The zero-order chi connectivity index (χ0) is 26.2. The number of nitrogens with zero attached hydrogens (tertiary/aromatic N) is 1. The first kappa shape index (κ1) is 26.4. The van der Waals surface area contributed by atoms with Gasteiger partial charge in [-0.1, -0.05) is 48.5 Å². The van der Waals surface area contributed by atoms with Gasteiger partial charge in [-0.25, -0.2) is 4.79 Å². The fourth-order valence-electron chi connectivity index (χ4n) is 4.15. The Labute approximate surface area is 224 Å². The second kappa shape index (κ2) is 12.5. The predicted molar refractivity (Wildman–Crippen MR) is 148 cm³/mol. The van der Waals surface area contributed by atoms with E-state index >= 15 is 0 Å². The number of carbonyl (C=O) groups excluding carboxylic acids is 3. The van der Waals surface area contributed by atoms with Gasteiger partial charge in [-0.3, -0.25) is 14.5 Å². The lowest BCUT2D eigenvalue weighted by atomic mass is 10.0. The monoisotopic (exact) mass is 534 g/mol. The molecule has 1 heterocycles. The summed E-state index contributed by atoms with van der Waals surface area (Å²) in [6, 6.07) is 23.1. The number of hydrogen-bond donors (Lipinski definition) is 1. The van der Waals surface area contributed by atoms with E-state index in [1.807, 2.05) is 60.0 Å². The lowest BCUT2D eigenvalue weighted by Crippen LogP contribution is -2.45. The van der Waals surface area contributed by atoms with Crippen LogP contribution in [0.5, 0.6) is 0 Å². The summed E-state index contributed by atoms with van der Waals surface area (Å²) in [7, 11) is 0. The van der Waals surface area contributed by atoms with E-state index in [0.717, 1.165) is 15.6 Å². The highest BCUT2D eigenvalue weighted by molar-refractivity contribution is 7.17. The second-order valence-corrected chi connectivity index (χ2v) is 9.46.